The van der Waals surface area contributed by atoms with Crippen LogP contribution in [0.25, 0.3) is 0 Å². The van der Waals surface area contributed by atoms with E-state index in [4.69, 9.17) is 21.6 Å². The second-order valence-electron chi connectivity index (χ2n) is 4.10. The Morgan fingerprint density at radius 2 is 2.00 bits per heavy atom. The molecule has 21 heavy (non-hydrogen) atoms. The summed E-state index contributed by atoms with van der Waals surface area (Å²) >= 11 is 9.27. The van der Waals surface area contributed by atoms with Crippen LogP contribution < -0.4 is 10.1 Å². The van der Waals surface area contributed by atoms with Crippen molar-refractivity contribution < 1.29 is 9.53 Å². The lowest BCUT2D eigenvalue weighted by Crippen LogP contribution is -2.20. The molecule has 0 radical (unpaired) electrons. The lowest BCUT2D eigenvalue weighted by Gasteiger charge is -2.09. The summed E-state index contributed by atoms with van der Waals surface area (Å²) in [6.07, 6.45) is 0. The van der Waals surface area contributed by atoms with Crippen molar-refractivity contribution >= 4 is 39.1 Å². The van der Waals surface area contributed by atoms with Crippen LogP contribution in [0.3, 0.4) is 0 Å². The molecule has 6 heteroatoms. The number of nitrogens with zero attached hydrogens (tertiary/aromatic N) is 1. The molecule has 2 rings (SSSR count). The van der Waals surface area contributed by atoms with Gasteiger partial charge in [0, 0.05) is 10.2 Å². The van der Waals surface area contributed by atoms with Crippen molar-refractivity contribution in [2.45, 2.75) is 0 Å². The number of halogens is 2. The van der Waals surface area contributed by atoms with Crippen LogP contribution in [0.1, 0.15) is 5.56 Å². The highest BCUT2D eigenvalue weighted by Crippen LogP contribution is 2.25. The monoisotopic (exact) mass is 364 g/mol. The van der Waals surface area contributed by atoms with Gasteiger partial charge in [0.05, 0.1) is 16.7 Å². The van der Waals surface area contributed by atoms with Crippen LogP contribution in [0.15, 0.2) is 46.9 Å². The average molecular weight is 366 g/mol. The molecule has 2 aromatic rings. The van der Waals surface area contributed by atoms with Gasteiger partial charge in [-0.1, -0.05) is 27.5 Å². The van der Waals surface area contributed by atoms with Crippen molar-refractivity contribution in [3.8, 4) is 11.8 Å². The molecule has 2 aromatic carbocycles. The molecule has 0 spiro atoms. The van der Waals surface area contributed by atoms with Gasteiger partial charge in [-0.3, -0.25) is 4.79 Å². The average Bonchev–Trinajstić information content (AvgIpc) is 2.48. The largest absolute Gasteiger partial charge is 0.482 e. The van der Waals surface area contributed by atoms with Gasteiger partial charge in [-0.25, -0.2) is 0 Å². The third kappa shape index (κ3) is 4.48. The Hall–Kier alpha value is -2.03. The number of hydrogen-bond donors (Lipinski definition) is 1. The third-order valence-corrected chi connectivity index (χ3v) is 3.37. The van der Waals surface area contributed by atoms with Gasteiger partial charge in [0.15, 0.2) is 6.61 Å². The molecule has 1 N–H and O–H groups in total. The van der Waals surface area contributed by atoms with Crippen LogP contribution in [0.4, 0.5) is 5.69 Å². The number of amides is 1. The van der Waals surface area contributed by atoms with Gasteiger partial charge in [0.25, 0.3) is 5.91 Å². The first-order valence-corrected chi connectivity index (χ1v) is 7.13. The summed E-state index contributed by atoms with van der Waals surface area (Å²) in [6.45, 7) is -0.165. The Morgan fingerprint density at radius 3 is 2.62 bits per heavy atom. The second kappa shape index (κ2) is 7.11. The summed E-state index contributed by atoms with van der Waals surface area (Å²) in [6, 6.07) is 13.8. The summed E-state index contributed by atoms with van der Waals surface area (Å²) in [7, 11) is 0. The number of carbonyl (C=O) groups is 1. The lowest BCUT2D eigenvalue weighted by atomic mass is 10.2. The summed E-state index contributed by atoms with van der Waals surface area (Å²) < 4.78 is 6.26. The smallest absolute Gasteiger partial charge is 0.262 e. The lowest BCUT2D eigenvalue weighted by molar-refractivity contribution is -0.118. The summed E-state index contributed by atoms with van der Waals surface area (Å²) in [5, 5.41) is 11.7. The first kappa shape index (κ1) is 15.4. The molecule has 0 heterocycles. The van der Waals surface area contributed by atoms with E-state index in [0.29, 0.717) is 22.0 Å². The van der Waals surface area contributed by atoms with E-state index < -0.39 is 0 Å². The van der Waals surface area contributed by atoms with Crippen molar-refractivity contribution in [2.24, 2.45) is 0 Å². The minimum atomic E-state index is -0.294. The fourth-order valence-electron chi connectivity index (χ4n) is 1.56. The van der Waals surface area contributed by atoms with Crippen molar-refractivity contribution in [1.82, 2.24) is 0 Å². The second-order valence-corrected chi connectivity index (χ2v) is 5.42. The molecule has 106 valence electrons. The maximum atomic E-state index is 11.8. The molecule has 0 saturated heterocycles. The highest BCUT2D eigenvalue weighted by atomic mass is 79.9. The van der Waals surface area contributed by atoms with E-state index >= 15 is 0 Å². The Labute approximate surface area is 135 Å². The third-order valence-electron chi connectivity index (χ3n) is 2.55. The molecule has 0 saturated carbocycles. The Bertz CT molecular complexity index is 696. The highest BCUT2D eigenvalue weighted by Gasteiger charge is 2.07. The van der Waals surface area contributed by atoms with Gasteiger partial charge >= 0.3 is 0 Å². The predicted octanol–water partition coefficient (Wildman–Crippen LogP) is 3.99. The molecule has 4 nitrogen and oxygen atoms in total. The van der Waals surface area contributed by atoms with Crippen LogP contribution in [-0.4, -0.2) is 12.5 Å². The summed E-state index contributed by atoms with van der Waals surface area (Å²) in [5.41, 5.74) is 1.12. The molecule has 0 aliphatic heterocycles. The molecule has 0 aromatic heterocycles. The highest BCUT2D eigenvalue weighted by molar-refractivity contribution is 9.10. The standard InChI is InChI=1S/C15H10BrClN2O2/c16-11-2-4-12(5-3-11)19-15(20)9-21-14-6-1-10(8-18)7-13(14)17/h1-7H,9H2,(H,19,20). The Morgan fingerprint density at radius 1 is 1.29 bits per heavy atom. The topological polar surface area (TPSA) is 62.1 Å². The van der Waals surface area contributed by atoms with Gasteiger partial charge < -0.3 is 10.1 Å². The van der Waals surface area contributed by atoms with Crippen LogP contribution in [0, 0.1) is 11.3 Å². The van der Waals surface area contributed by atoms with E-state index in [2.05, 4.69) is 21.2 Å². The Balaban J connectivity index is 1.92. The fraction of sp³-hybridized carbons (Fsp3) is 0.0667. The van der Waals surface area contributed by atoms with Crippen molar-refractivity contribution in [3.05, 3.63) is 57.5 Å². The van der Waals surface area contributed by atoms with Gasteiger partial charge in [0.1, 0.15) is 5.75 Å². The zero-order chi connectivity index (χ0) is 15.2. The molecular weight excluding hydrogens is 356 g/mol. The minimum absolute atomic E-state index is 0.165. The molecule has 0 atom stereocenters. The van der Waals surface area contributed by atoms with Crippen molar-refractivity contribution in [2.75, 3.05) is 11.9 Å². The molecule has 0 aliphatic carbocycles. The summed E-state index contributed by atoms with van der Waals surface area (Å²) in [5.74, 6) is 0.0689. The summed E-state index contributed by atoms with van der Waals surface area (Å²) in [4.78, 5) is 11.8. The maximum absolute atomic E-state index is 11.8. The van der Waals surface area contributed by atoms with E-state index in [-0.39, 0.29) is 12.5 Å². The van der Waals surface area contributed by atoms with Gasteiger partial charge in [0.2, 0.25) is 0 Å². The van der Waals surface area contributed by atoms with E-state index in [0.717, 1.165) is 4.47 Å². The molecule has 0 unspecified atom stereocenters. The van der Waals surface area contributed by atoms with E-state index in [1.807, 2.05) is 18.2 Å². The molecular formula is C15H10BrClN2O2. The number of hydrogen-bond acceptors (Lipinski definition) is 3. The molecule has 1 amide bonds. The van der Waals surface area contributed by atoms with Gasteiger partial charge in [-0.15, -0.1) is 0 Å². The van der Waals surface area contributed by atoms with E-state index in [1.54, 1.807) is 24.3 Å². The number of carbonyl (C=O) groups excluding carboxylic acids is 1. The zero-order valence-corrected chi connectivity index (χ0v) is 13.1. The molecule has 0 fully saturated rings. The number of ether oxygens (including phenoxy) is 1. The molecule has 0 bridgehead atoms. The minimum Gasteiger partial charge on any atom is -0.482 e. The number of nitriles is 1. The van der Waals surface area contributed by atoms with Crippen molar-refractivity contribution in [3.63, 3.8) is 0 Å². The van der Waals surface area contributed by atoms with Crippen LogP contribution in [-0.2, 0) is 4.79 Å². The van der Waals surface area contributed by atoms with Gasteiger partial charge in [-0.2, -0.15) is 5.26 Å². The zero-order valence-electron chi connectivity index (χ0n) is 10.8. The SMILES string of the molecule is N#Cc1ccc(OCC(=O)Nc2ccc(Br)cc2)c(Cl)c1. The molecule has 0 aliphatic rings. The number of benzene rings is 2. The Kier molecular flexibility index (Phi) is 5.20. The van der Waals surface area contributed by atoms with Crippen LogP contribution in [0.5, 0.6) is 5.75 Å². The number of rotatable bonds is 4. The predicted molar refractivity (Wildman–Crippen MR) is 84.4 cm³/mol. The fourth-order valence-corrected chi connectivity index (χ4v) is 2.06. The normalized spacial score (nSPS) is 9.76. The van der Waals surface area contributed by atoms with Crippen LogP contribution in [0.2, 0.25) is 5.02 Å². The van der Waals surface area contributed by atoms with E-state index in [9.17, 15) is 4.79 Å². The van der Waals surface area contributed by atoms with E-state index in [1.165, 1.54) is 6.07 Å². The van der Waals surface area contributed by atoms with Gasteiger partial charge in [-0.05, 0) is 42.5 Å². The van der Waals surface area contributed by atoms with Crippen molar-refractivity contribution in [1.29, 1.82) is 5.26 Å². The first-order valence-electron chi connectivity index (χ1n) is 5.96. The number of nitrogens with one attached hydrogen (secondary N) is 1. The first-order chi connectivity index (χ1) is 10.1. The number of anilines is 1. The quantitative estimate of drug-likeness (QED) is 0.891. The van der Waals surface area contributed by atoms with Crippen LogP contribution >= 0.6 is 27.5 Å². The maximum Gasteiger partial charge on any atom is 0.262 e.